The van der Waals surface area contributed by atoms with E-state index in [1.807, 2.05) is 17.2 Å². The lowest BCUT2D eigenvalue weighted by Gasteiger charge is -2.32. The molecule has 0 spiro atoms. The van der Waals surface area contributed by atoms with Crippen LogP contribution in [0.1, 0.15) is 12.6 Å². The highest BCUT2D eigenvalue weighted by atomic mass is 32.2. The van der Waals surface area contributed by atoms with Gasteiger partial charge in [0.2, 0.25) is 0 Å². The molecule has 1 aromatic heterocycles. The highest BCUT2D eigenvalue weighted by Crippen LogP contribution is 2.25. The van der Waals surface area contributed by atoms with Gasteiger partial charge in [0.15, 0.2) is 15.0 Å². The summed E-state index contributed by atoms with van der Waals surface area (Å²) in [5.41, 5.74) is 0.660. The summed E-state index contributed by atoms with van der Waals surface area (Å²) in [6, 6.07) is -0.0872. The number of sulfone groups is 1. The summed E-state index contributed by atoms with van der Waals surface area (Å²) >= 11 is 1.42. The van der Waals surface area contributed by atoms with E-state index < -0.39 is 9.84 Å². The molecule has 1 aliphatic heterocycles. The Morgan fingerprint density at radius 1 is 1.63 bits per heavy atom. The van der Waals surface area contributed by atoms with Crippen LogP contribution in [0.5, 0.6) is 0 Å². The standard InChI is InChI=1S/C11H16N2O4S2/c1-8-7-19(15,16)4-3-13(8)11-12-9(6-18-11)5-10(14)17-2/h6,8H,3-5,7H2,1-2H3. The number of nitrogens with zero attached hydrogens (tertiary/aromatic N) is 2. The second kappa shape index (κ2) is 5.46. The molecule has 0 saturated carbocycles. The van der Waals surface area contributed by atoms with E-state index in [9.17, 15) is 13.2 Å². The van der Waals surface area contributed by atoms with Crippen LogP contribution in [-0.2, 0) is 25.8 Å². The Labute approximate surface area is 116 Å². The van der Waals surface area contributed by atoms with E-state index in [0.29, 0.717) is 12.2 Å². The number of ether oxygens (including phenoxy) is 1. The maximum atomic E-state index is 11.5. The number of esters is 1. The average molecular weight is 304 g/mol. The van der Waals surface area contributed by atoms with Crippen molar-refractivity contribution in [1.29, 1.82) is 0 Å². The highest BCUT2D eigenvalue weighted by Gasteiger charge is 2.29. The molecule has 1 unspecified atom stereocenters. The van der Waals surface area contributed by atoms with E-state index in [-0.39, 0.29) is 29.9 Å². The van der Waals surface area contributed by atoms with Crippen LogP contribution in [0.4, 0.5) is 5.13 Å². The van der Waals surface area contributed by atoms with Crippen LogP contribution >= 0.6 is 11.3 Å². The third-order valence-electron chi connectivity index (χ3n) is 3.01. The number of carbonyl (C=O) groups is 1. The second-order valence-corrected chi connectivity index (χ2v) is 7.60. The van der Waals surface area contributed by atoms with Gasteiger partial charge < -0.3 is 9.64 Å². The van der Waals surface area contributed by atoms with Gasteiger partial charge in [-0.1, -0.05) is 0 Å². The fraction of sp³-hybridized carbons (Fsp3) is 0.636. The topological polar surface area (TPSA) is 76.6 Å². The highest BCUT2D eigenvalue weighted by molar-refractivity contribution is 7.91. The number of rotatable bonds is 3. The van der Waals surface area contributed by atoms with Crippen LogP contribution in [0.25, 0.3) is 0 Å². The minimum absolute atomic E-state index is 0.0872. The Balaban J connectivity index is 2.09. The predicted molar refractivity (Wildman–Crippen MR) is 73.3 cm³/mol. The summed E-state index contributed by atoms with van der Waals surface area (Å²) in [5.74, 6) is -0.0200. The van der Waals surface area contributed by atoms with Gasteiger partial charge in [0.1, 0.15) is 0 Å². The van der Waals surface area contributed by atoms with Crippen LogP contribution < -0.4 is 4.90 Å². The van der Waals surface area contributed by atoms with Gasteiger partial charge >= 0.3 is 5.97 Å². The van der Waals surface area contributed by atoms with Gasteiger partial charge in [-0.3, -0.25) is 4.79 Å². The number of aromatic nitrogens is 1. The molecular weight excluding hydrogens is 288 g/mol. The number of hydrogen-bond acceptors (Lipinski definition) is 7. The largest absolute Gasteiger partial charge is 0.469 e. The molecule has 1 aromatic rings. The quantitative estimate of drug-likeness (QED) is 0.756. The molecule has 1 atom stereocenters. The lowest BCUT2D eigenvalue weighted by atomic mass is 10.3. The Kier molecular flexibility index (Phi) is 4.10. The number of methoxy groups -OCH3 is 1. The van der Waals surface area contributed by atoms with Crippen molar-refractivity contribution in [2.45, 2.75) is 19.4 Å². The van der Waals surface area contributed by atoms with Crippen molar-refractivity contribution >= 4 is 32.3 Å². The Morgan fingerprint density at radius 2 is 2.37 bits per heavy atom. The molecule has 0 N–H and O–H groups in total. The molecule has 0 bridgehead atoms. The van der Waals surface area contributed by atoms with Gasteiger partial charge in [-0.2, -0.15) is 0 Å². The van der Waals surface area contributed by atoms with Crippen LogP contribution in [0.15, 0.2) is 5.38 Å². The molecule has 2 heterocycles. The fourth-order valence-corrected chi connectivity index (χ4v) is 4.52. The van der Waals surface area contributed by atoms with Crippen LogP contribution in [0, 0.1) is 0 Å². The first-order chi connectivity index (χ1) is 8.91. The number of anilines is 1. The average Bonchev–Trinajstić information content (AvgIpc) is 2.76. The zero-order valence-electron chi connectivity index (χ0n) is 10.8. The summed E-state index contributed by atoms with van der Waals surface area (Å²) in [6.45, 7) is 2.33. The molecule has 0 amide bonds. The summed E-state index contributed by atoms with van der Waals surface area (Å²) in [7, 11) is -1.59. The maximum absolute atomic E-state index is 11.5. The van der Waals surface area contributed by atoms with Crippen molar-refractivity contribution in [3.8, 4) is 0 Å². The molecule has 0 radical (unpaired) electrons. The minimum Gasteiger partial charge on any atom is -0.469 e. The molecule has 19 heavy (non-hydrogen) atoms. The first kappa shape index (κ1) is 14.3. The second-order valence-electron chi connectivity index (χ2n) is 4.53. The van der Waals surface area contributed by atoms with E-state index >= 15 is 0 Å². The summed E-state index contributed by atoms with van der Waals surface area (Å²) in [4.78, 5) is 17.5. The van der Waals surface area contributed by atoms with Gasteiger partial charge in [-0.15, -0.1) is 11.3 Å². The molecular formula is C11H16N2O4S2. The summed E-state index contributed by atoms with van der Waals surface area (Å²) in [6.07, 6.45) is 0.146. The van der Waals surface area contributed by atoms with Gasteiger partial charge in [0.05, 0.1) is 30.7 Å². The van der Waals surface area contributed by atoms with Crippen LogP contribution in [0.3, 0.4) is 0 Å². The first-order valence-electron chi connectivity index (χ1n) is 5.89. The van der Waals surface area contributed by atoms with E-state index in [0.717, 1.165) is 5.13 Å². The molecule has 106 valence electrons. The molecule has 2 rings (SSSR count). The zero-order chi connectivity index (χ0) is 14.0. The number of carbonyl (C=O) groups excluding carboxylic acids is 1. The lowest BCUT2D eigenvalue weighted by molar-refractivity contribution is -0.139. The molecule has 1 saturated heterocycles. The smallest absolute Gasteiger partial charge is 0.311 e. The van der Waals surface area contributed by atoms with Crippen molar-refractivity contribution in [2.75, 3.05) is 30.1 Å². The Bertz CT molecular complexity index is 567. The van der Waals surface area contributed by atoms with E-state index in [2.05, 4.69) is 9.72 Å². The van der Waals surface area contributed by atoms with E-state index in [1.54, 1.807) is 0 Å². The van der Waals surface area contributed by atoms with Crippen molar-refractivity contribution in [2.24, 2.45) is 0 Å². The Morgan fingerprint density at radius 3 is 3.00 bits per heavy atom. The van der Waals surface area contributed by atoms with Crippen molar-refractivity contribution in [1.82, 2.24) is 4.98 Å². The van der Waals surface area contributed by atoms with Gasteiger partial charge in [-0.25, -0.2) is 13.4 Å². The Hall–Kier alpha value is -1.15. The van der Waals surface area contributed by atoms with E-state index in [1.165, 1.54) is 18.4 Å². The molecule has 1 fully saturated rings. The first-order valence-corrected chi connectivity index (χ1v) is 8.59. The predicted octanol–water partition coefficient (Wildman–Crippen LogP) is 0.482. The SMILES string of the molecule is COC(=O)Cc1csc(N2CCS(=O)(=O)CC2C)n1. The number of thiazole rings is 1. The van der Waals surface area contributed by atoms with Crippen molar-refractivity contribution in [3.63, 3.8) is 0 Å². The lowest BCUT2D eigenvalue weighted by Crippen LogP contribution is -2.47. The molecule has 0 aliphatic carbocycles. The third kappa shape index (κ3) is 3.44. The van der Waals surface area contributed by atoms with Gasteiger partial charge in [0.25, 0.3) is 0 Å². The molecule has 6 nitrogen and oxygen atoms in total. The van der Waals surface area contributed by atoms with Gasteiger partial charge in [-0.05, 0) is 6.92 Å². The summed E-state index contributed by atoms with van der Waals surface area (Å²) in [5, 5.41) is 2.57. The van der Waals surface area contributed by atoms with Crippen molar-refractivity contribution in [3.05, 3.63) is 11.1 Å². The van der Waals surface area contributed by atoms with Crippen molar-refractivity contribution < 1.29 is 17.9 Å². The van der Waals surface area contributed by atoms with Gasteiger partial charge in [0, 0.05) is 18.0 Å². The molecule has 1 aliphatic rings. The molecule has 8 heteroatoms. The normalized spacial score (nSPS) is 22.2. The monoisotopic (exact) mass is 304 g/mol. The summed E-state index contributed by atoms with van der Waals surface area (Å²) < 4.78 is 27.6. The van der Waals surface area contributed by atoms with Crippen LogP contribution in [-0.4, -0.2) is 50.6 Å². The minimum atomic E-state index is -2.93. The fourth-order valence-electron chi connectivity index (χ4n) is 2.01. The van der Waals surface area contributed by atoms with E-state index in [4.69, 9.17) is 0 Å². The maximum Gasteiger partial charge on any atom is 0.311 e. The third-order valence-corrected chi connectivity index (χ3v) is 5.73. The molecule has 0 aromatic carbocycles. The van der Waals surface area contributed by atoms with Crippen LogP contribution in [0.2, 0.25) is 0 Å². The zero-order valence-corrected chi connectivity index (χ0v) is 12.5. The number of hydrogen-bond donors (Lipinski definition) is 0.